The summed E-state index contributed by atoms with van der Waals surface area (Å²) in [5.41, 5.74) is 7.67. The van der Waals surface area contributed by atoms with E-state index in [-0.39, 0.29) is 5.91 Å². The molecule has 3 N–H and O–H groups in total. The summed E-state index contributed by atoms with van der Waals surface area (Å²) >= 11 is 6.05. The Balaban J connectivity index is 2.24. The van der Waals surface area contributed by atoms with Crippen molar-refractivity contribution in [2.45, 2.75) is 19.9 Å². The predicted molar refractivity (Wildman–Crippen MR) is 83.3 cm³/mol. The first kappa shape index (κ1) is 14.9. The Morgan fingerprint density at radius 2 is 2.24 bits per heavy atom. The fourth-order valence-electron chi connectivity index (χ4n) is 2.02. The highest BCUT2D eigenvalue weighted by molar-refractivity contribution is 6.34. The maximum atomic E-state index is 12.3. The third-order valence-electron chi connectivity index (χ3n) is 2.96. The average molecular weight is 303 g/mol. The van der Waals surface area contributed by atoms with E-state index in [1.54, 1.807) is 24.4 Å². The van der Waals surface area contributed by atoms with Crippen LogP contribution in [0, 0.1) is 11.3 Å². The molecule has 2 aromatic rings. The molecule has 0 bridgehead atoms. The standard InChI is InChI=1S/C15H15ClN4O/c1-2-5-20-9-11(18)7-14(20)15(21)19-13-4-3-10(8-17)6-12(13)16/h3-4,6-7,9H,2,5,18H2,1H3,(H,19,21). The second kappa shape index (κ2) is 6.33. The van der Waals surface area contributed by atoms with Crippen molar-refractivity contribution < 1.29 is 4.79 Å². The number of hydrogen-bond donors (Lipinski definition) is 2. The van der Waals surface area contributed by atoms with Gasteiger partial charge in [0.25, 0.3) is 5.91 Å². The highest BCUT2D eigenvalue weighted by Crippen LogP contribution is 2.24. The van der Waals surface area contributed by atoms with Gasteiger partial charge in [0.05, 0.1) is 28.0 Å². The van der Waals surface area contributed by atoms with Crippen LogP contribution in [0.3, 0.4) is 0 Å². The van der Waals surface area contributed by atoms with Crippen molar-refractivity contribution in [2.75, 3.05) is 11.1 Å². The molecule has 2 rings (SSSR count). The van der Waals surface area contributed by atoms with Gasteiger partial charge in [0.2, 0.25) is 0 Å². The molecule has 6 heteroatoms. The van der Waals surface area contributed by atoms with Gasteiger partial charge in [-0.2, -0.15) is 5.26 Å². The van der Waals surface area contributed by atoms with Crippen molar-refractivity contribution in [3.63, 3.8) is 0 Å². The molecule has 0 unspecified atom stereocenters. The normalized spacial score (nSPS) is 10.1. The van der Waals surface area contributed by atoms with Crippen LogP contribution in [-0.2, 0) is 6.54 Å². The number of anilines is 2. The van der Waals surface area contributed by atoms with Crippen molar-refractivity contribution in [2.24, 2.45) is 0 Å². The lowest BCUT2D eigenvalue weighted by atomic mass is 10.2. The first-order valence-corrected chi connectivity index (χ1v) is 6.89. The third-order valence-corrected chi connectivity index (χ3v) is 3.27. The number of benzene rings is 1. The monoisotopic (exact) mass is 302 g/mol. The predicted octanol–water partition coefficient (Wildman–Crippen LogP) is 3.26. The van der Waals surface area contributed by atoms with E-state index < -0.39 is 0 Å². The minimum Gasteiger partial charge on any atom is -0.397 e. The van der Waals surface area contributed by atoms with Crippen molar-refractivity contribution >= 4 is 28.9 Å². The molecule has 1 aromatic heterocycles. The van der Waals surface area contributed by atoms with Gasteiger partial charge >= 0.3 is 0 Å². The van der Waals surface area contributed by atoms with Crippen LogP contribution >= 0.6 is 11.6 Å². The van der Waals surface area contributed by atoms with Gasteiger partial charge in [-0.1, -0.05) is 18.5 Å². The van der Waals surface area contributed by atoms with Gasteiger partial charge in [-0.15, -0.1) is 0 Å². The van der Waals surface area contributed by atoms with Crippen LogP contribution in [0.5, 0.6) is 0 Å². The third kappa shape index (κ3) is 3.36. The second-order valence-electron chi connectivity index (χ2n) is 4.61. The summed E-state index contributed by atoms with van der Waals surface area (Å²) in [5, 5.41) is 11.9. The summed E-state index contributed by atoms with van der Waals surface area (Å²) in [6.45, 7) is 2.73. The Hall–Kier alpha value is -2.45. The zero-order valence-electron chi connectivity index (χ0n) is 11.6. The molecule has 0 aliphatic carbocycles. The van der Waals surface area contributed by atoms with E-state index in [1.165, 1.54) is 6.07 Å². The molecular formula is C15H15ClN4O. The summed E-state index contributed by atoms with van der Waals surface area (Å²) in [4.78, 5) is 12.3. The smallest absolute Gasteiger partial charge is 0.272 e. The molecule has 0 aliphatic heterocycles. The number of amides is 1. The number of nitrogens with one attached hydrogen (secondary N) is 1. The van der Waals surface area contributed by atoms with Crippen molar-refractivity contribution in [1.29, 1.82) is 5.26 Å². The van der Waals surface area contributed by atoms with E-state index in [9.17, 15) is 4.79 Å². The molecule has 0 spiro atoms. The molecule has 108 valence electrons. The number of rotatable bonds is 4. The van der Waals surface area contributed by atoms with Crippen LogP contribution < -0.4 is 11.1 Å². The zero-order valence-corrected chi connectivity index (χ0v) is 12.3. The molecular weight excluding hydrogens is 288 g/mol. The minimum absolute atomic E-state index is 0.285. The summed E-state index contributed by atoms with van der Waals surface area (Å²) in [6.07, 6.45) is 2.63. The highest BCUT2D eigenvalue weighted by Gasteiger charge is 2.14. The van der Waals surface area contributed by atoms with Crippen LogP contribution in [0.4, 0.5) is 11.4 Å². The number of carbonyl (C=O) groups is 1. The van der Waals surface area contributed by atoms with E-state index in [1.807, 2.05) is 17.6 Å². The SMILES string of the molecule is CCCn1cc(N)cc1C(=O)Nc1ccc(C#N)cc1Cl. The van der Waals surface area contributed by atoms with Gasteiger partial charge in [0.1, 0.15) is 5.69 Å². The number of aryl methyl sites for hydroxylation is 1. The Labute approximate surface area is 127 Å². The molecule has 1 aromatic carbocycles. The Morgan fingerprint density at radius 3 is 2.86 bits per heavy atom. The van der Waals surface area contributed by atoms with E-state index >= 15 is 0 Å². The Bertz CT molecular complexity index is 715. The van der Waals surface area contributed by atoms with Crippen LogP contribution in [-0.4, -0.2) is 10.5 Å². The van der Waals surface area contributed by atoms with Crippen molar-refractivity contribution in [1.82, 2.24) is 4.57 Å². The summed E-state index contributed by atoms with van der Waals surface area (Å²) in [6, 6.07) is 8.33. The minimum atomic E-state index is -0.285. The average Bonchev–Trinajstić information content (AvgIpc) is 2.82. The van der Waals surface area contributed by atoms with Crippen LogP contribution in [0.2, 0.25) is 5.02 Å². The Kier molecular flexibility index (Phi) is 4.51. The lowest BCUT2D eigenvalue weighted by Gasteiger charge is -2.10. The number of aromatic nitrogens is 1. The first-order valence-electron chi connectivity index (χ1n) is 6.51. The van der Waals surface area contributed by atoms with Gasteiger partial charge < -0.3 is 15.6 Å². The fourth-order valence-corrected chi connectivity index (χ4v) is 2.25. The van der Waals surface area contributed by atoms with Crippen LogP contribution in [0.25, 0.3) is 0 Å². The first-order chi connectivity index (χ1) is 10.0. The fraction of sp³-hybridized carbons (Fsp3) is 0.200. The number of nitrogens with two attached hydrogens (primary N) is 1. The number of nitrogens with zero attached hydrogens (tertiary/aromatic N) is 2. The number of nitriles is 1. The highest BCUT2D eigenvalue weighted by atomic mass is 35.5. The summed E-state index contributed by atoms with van der Waals surface area (Å²) in [5.74, 6) is -0.285. The number of halogens is 1. The van der Waals surface area contributed by atoms with Crippen LogP contribution in [0.15, 0.2) is 30.5 Å². The topological polar surface area (TPSA) is 83.8 Å². The van der Waals surface area contributed by atoms with E-state index in [0.717, 1.165) is 6.42 Å². The molecule has 1 amide bonds. The summed E-state index contributed by atoms with van der Waals surface area (Å²) < 4.78 is 1.81. The molecule has 0 atom stereocenters. The van der Waals surface area contributed by atoms with Crippen LogP contribution in [0.1, 0.15) is 29.4 Å². The van der Waals surface area contributed by atoms with Crippen molar-refractivity contribution in [3.05, 3.63) is 46.7 Å². The molecule has 5 nitrogen and oxygen atoms in total. The molecule has 1 heterocycles. The molecule has 21 heavy (non-hydrogen) atoms. The second-order valence-corrected chi connectivity index (χ2v) is 5.02. The van der Waals surface area contributed by atoms with E-state index in [4.69, 9.17) is 22.6 Å². The van der Waals surface area contributed by atoms with E-state index in [0.29, 0.717) is 34.2 Å². The van der Waals surface area contributed by atoms with Gasteiger partial charge in [0, 0.05) is 12.7 Å². The number of carbonyl (C=O) groups excluding carboxylic acids is 1. The molecule has 0 saturated heterocycles. The van der Waals surface area contributed by atoms with Gasteiger partial charge in [-0.05, 0) is 30.7 Å². The van der Waals surface area contributed by atoms with E-state index in [2.05, 4.69) is 5.32 Å². The maximum absolute atomic E-state index is 12.3. The van der Waals surface area contributed by atoms with Gasteiger partial charge in [-0.25, -0.2) is 0 Å². The number of hydrogen-bond acceptors (Lipinski definition) is 3. The summed E-state index contributed by atoms with van der Waals surface area (Å²) in [7, 11) is 0. The van der Waals surface area contributed by atoms with Gasteiger partial charge in [0.15, 0.2) is 0 Å². The lowest BCUT2D eigenvalue weighted by molar-refractivity contribution is 0.101. The lowest BCUT2D eigenvalue weighted by Crippen LogP contribution is -2.17. The molecule has 0 aliphatic rings. The molecule has 0 fully saturated rings. The largest absolute Gasteiger partial charge is 0.397 e. The van der Waals surface area contributed by atoms with Crippen molar-refractivity contribution in [3.8, 4) is 6.07 Å². The number of nitrogen functional groups attached to an aromatic ring is 1. The molecule has 0 radical (unpaired) electrons. The van der Waals surface area contributed by atoms with Gasteiger partial charge in [-0.3, -0.25) is 4.79 Å². The maximum Gasteiger partial charge on any atom is 0.272 e. The zero-order chi connectivity index (χ0) is 15.4. The quantitative estimate of drug-likeness (QED) is 0.909. The Morgan fingerprint density at radius 1 is 1.48 bits per heavy atom. The molecule has 0 saturated carbocycles.